The standard InChI is InChI=1S/C13H20FNO2/c1-5-11(16-3)13(15-2)10-8-9(14)6-7-12(10)17-4/h6-8,11,13,15H,5H2,1-4H3. The number of benzene rings is 1. The summed E-state index contributed by atoms with van der Waals surface area (Å²) in [4.78, 5) is 0. The Morgan fingerprint density at radius 3 is 2.53 bits per heavy atom. The third-order valence-corrected chi connectivity index (χ3v) is 2.91. The van der Waals surface area contributed by atoms with Crippen LogP contribution in [0, 0.1) is 5.82 Å². The summed E-state index contributed by atoms with van der Waals surface area (Å²) in [6.45, 7) is 2.03. The smallest absolute Gasteiger partial charge is 0.123 e. The van der Waals surface area contributed by atoms with Crippen molar-refractivity contribution in [3.63, 3.8) is 0 Å². The molecule has 1 aromatic rings. The van der Waals surface area contributed by atoms with Crippen LogP contribution in [0.4, 0.5) is 4.39 Å². The van der Waals surface area contributed by atoms with E-state index in [0.29, 0.717) is 5.75 Å². The van der Waals surface area contributed by atoms with Gasteiger partial charge in [0.15, 0.2) is 0 Å². The van der Waals surface area contributed by atoms with Gasteiger partial charge in [-0.1, -0.05) is 6.92 Å². The molecule has 1 rings (SSSR count). The van der Waals surface area contributed by atoms with Crippen molar-refractivity contribution in [2.75, 3.05) is 21.3 Å². The predicted molar refractivity (Wildman–Crippen MR) is 65.8 cm³/mol. The second-order valence-corrected chi connectivity index (χ2v) is 3.84. The fraction of sp³-hybridized carbons (Fsp3) is 0.538. The summed E-state index contributed by atoms with van der Waals surface area (Å²) >= 11 is 0. The highest BCUT2D eigenvalue weighted by Gasteiger charge is 2.23. The maximum absolute atomic E-state index is 13.3. The maximum atomic E-state index is 13.3. The number of halogens is 1. The molecule has 96 valence electrons. The minimum absolute atomic E-state index is 0.0179. The molecule has 0 bridgehead atoms. The van der Waals surface area contributed by atoms with Gasteiger partial charge in [0, 0.05) is 12.7 Å². The van der Waals surface area contributed by atoms with E-state index in [-0.39, 0.29) is 18.0 Å². The van der Waals surface area contributed by atoms with Gasteiger partial charge in [0.1, 0.15) is 11.6 Å². The van der Waals surface area contributed by atoms with E-state index in [4.69, 9.17) is 9.47 Å². The first kappa shape index (κ1) is 13.9. The highest BCUT2D eigenvalue weighted by molar-refractivity contribution is 5.37. The van der Waals surface area contributed by atoms with Crippen molar-refractivity contribution in [1.29, 1.82) is 0 Å². The average Bonchev–Trinajstić information content (AvgIpc) is 2.35. The molecule has 0 aromatic heterocycles. The molecule has 3 nitrogen and oxygen atoms in total. The van der Waals surface area contributed by atoms with Gasteiger partial charge in [0.25, 0.3) is 0 Å². The van der Waals surface area contributed by atoms with E-state index < -0.39 is 0 Å². The van der Waals surface area contributed by atoms with E-state index >= 15 is 0 Å². The van der Waals surface area contributed by atoms with E-state index in [2.05, 4.69) is 5.32 Å². The molecular weight excluding hydrogens is 221 g/mol. The van der Waals surface area contributed by atoms with Crippen LogP contribution in [-0.2, 0) is 4.74 Å². The third-order valence-electron chi connectivity index (χ3n) is 2.91. The lowest BCUT2D eigenvalue weighted by Crippen LogP contribution is -2.31. The topological polar surface area (TPSA) is 30.5 Å². The van der Waals surface area contributed by atoms with Crippen molar-refractivity contribution in [3.05, 3.63) is 29.6 Å². The molecular formula is C13H20FNO2. The van der Waals surface area contributed by atoms with Crippen LogP contribution < -0.4 is 10.1 Å². The zero-order chi connectivity index (χ0) is 12.8. The number of likely N-dealkylation sites (N-methyl/N-ethyl adjacent to an activating group) is 1. The molecule has 0 aliphatic carbocycles. The minimum Gasteiger partial charge on any atom is -0.496 e. The molecule has 1 aromatic carbocycles. The summed E-state index contributed by atoms with van der Waals surface area (Å²) in [5.41, 5.74) is 0.781. The Kier molecular flexibility index (Phi) is 5.38. The number of hydrogen-bond acceptors (Lipinski definition) is 3. The number of methoxy groups -OCH3 is 2. The average molecular weight is 241 g/mol. The lowest BCUT2D eigenvalue weighted by molar-refractivity contribution is 0.0667. The van der Waals surface area contributed by atoms with Crippen LogP contribution in [0.3, 0.4) is 0 Å². The molecule has 17 heavy (non-hydrogen) atoms. The summed E-state index contributed by atoms with van der Waals surface area (Å²) < 4.78 is 24.0. The van der Waals surface area contributed by atoms with Crippen LogP contribution in [0.5, 0.6) is 5.75 Å². The highest BCUT2D eigenvalue weighted by atomic mass is 19.1. The first-order valence-corrected chi connectivity index (χ1v) is 5.71. The second kappa shape index (κ2) is 6.57. The van der Waals surface area contributed by atoms with E-state index in [1.807, 2.05) is 14.0 Å². The van der Waals surface area contributed by atoms with Gasteiger partial charge in [0.05, 0.1) is 19.3 Å². The van der Waals surface area contributed by atoms with Crippen LogP contribution in [0.1, 0.15) is 24.9 Å². The van der Waals surface area contributed by atoms with Crippen molar-refractivity contribution < 1.29 is 13.9 Å². The quantitative estimate of drug-likeness (QED) is 0.830. The molecule has 0 saturated carbocycles. The Morgan fingerprint density at radius 1 is 1.35 bits per heavy atom. The monoisotopic (exact) mass is 241 g/mol. The third kappa shape index (κ3) is 3.17. The largest absolute Gasteiger partial charge is 0.496 e. The zero-order valence-electron chi connectivity index (χ0n) is 10.8. The molecule has 0 radical (unpaired) electrons. The van der Waals surface area contributed by atoms with E-state index in [1.54, 1.807) is 20.3 Å². The number of hydrogen-bond donors (Lipinski definition) is 1. The van der Waals surface area contributed by atoms with E-state index in [9.17, 15) is 4.39 Å². The Bertz CT molecular complexity index is 353. The molecule has 0 heterocycles. The van der Waals surface area contributed by atoms with Gasteiger partial charge in [-0.15, -0.1) is 0 Å². The molecule has 4 heteroatoms. The molecule has 2 unspecified atom stereocenters. The van der Waals surface area contributed by atoms with Crippen molar-refractivity contribution in [3.8, 4) is 5.75 Å². The molecule has 0 saturated heterocycles. The SMILES string of the molecule is CCC(OC)C(NC)c1cc(F)ccc1OC. The summed E-state index contributed by atoms with van der Waals surface area (Å²) in [5, 5.41) is 3.15. The van der Waals surface area contributed by atoms with E-state index in [1.165, 1.54) is 12.1 Å². The molecule has 0 aliphatic heterocycles. The van der Waals surface area contributed by atoms with Crippen molar-refractivity contribution >= 4 is 0 Å². The maximum Gasteiger partial charge on any atom is 0.123 e. The lowest BCUT2D eigenvalue weighted by atomic mass is 9.98. The summed E-state index contributed by atoms with van der Waals surface area (Å²) in [7, 11) is 5.07. The Hall–Kier alpha value is -1.13. The minimum atomic E-state index is -0.271. The fourth-order valence-corrected chi connectivity index (χ4v) is 2.03. The van der Waals surface area contributed by atoms with Crippen LogP contribution >= 0.6 is 0 Å². The lowest BCUT2D eigenvalue weighted by Gasteiger charge is -2.26. The predicted octanol–water partition coefficient (Wildman–Crippen LogP) is 2.52. The molecule has 2 atom stereocenters. The van der Waals surface area contributed by atoms with Crippen LogP contribution in [-0.4, -0.2) is 27.4 Å². The van der Waals surface area contributed by atoms with Gasteiger partial charge < -0.3 is 14.8 Å². The van der Waals surface area contributed by atoms with Gasteiger partial charge in [-0.2, -0.15) is 0 Å². The first-order valence-electron chi connectivity index (χ1n) is 5.71. The Balaban J connectivity index is 3.13. The van der Waals surface area contributed by atoms with E-state index in [0.717, 1.165) is 12.0 Å². The van der Waals surface area contributed by atoms with Gasteiger partial charge in [-0.25, -0.2) is 4.39 Å². The molecule has 0 amide bonds. The van der Waals surface area contributed by atoms with Gasteiger partial charge in [-0.05, 0) is 31.7 Å². The Morgan fingerprint density at radius 2 is 2.06 bits per heavy atom. The molecule has 0 spiro atoms. The summed E-state index contributed by atoms with van der Waals surface area (Å²) in [6.07, 6.45) is 0.817. The van der Waals surface area contributed by atoms with Crippen molar-refractivity contribution in [2.45, 2.75) is 25.5 Å². The van der Waals surface area contributed by atoms with Gasteiger partial charge >= 0.3 is 0 Å². The van der Waals surface area contributed by atoms with Gasteiger partial charge in [-0.3, -0.25) is 0 Å². The first-order chi connectivity index (χ1) is 8.17. The molecule has 0 fully saturated rings. The zero-order valence-corrected chi connectivity index (χ0v) is 10.8. The number of ether oxygens (including phenoxy) is 2. The van der Waals surface area contributed by atoms with Crippen molar-refractivity contribution in [1.82, 2.24) is 5.32 Å². The highest BCUT2D eigenvalue weighted by Crippen LogP contribution is 2.29. The van der Waals surface area contributed by atoms with Gasteiger partial charge in [0.2, 0.25) is 0 Å². The van der Waals surface area contributed by atoms with Crippen molar-refractivity contribution in [2.24, 2.45) is 0 Å². The molecule has 0 aliphatic rings. The normalized spacial score (nSPS) is 14.4. The molecule has 1 N–H and O–H groups in total. The van der Waals surface area contributed by atoms with Crippen LogP contribution in [0.25, 0.3) is 0 Å². The fourth-order valence-electron chi connectivity index (χ4n) is 2.03. The summed E-state index contributed by atoms with van der Waals surface area (Å²) in [6, 6.07) is 4.43. The van der Waals surface area contributed by atoms with Crippen LogP contribution in [0.15, 0.2) is 18.2 Å². The second-order valence-electron chi connectivity index (χ2n) is 3.84. The number of rotatable bonds is 6. The number of nitrogens with one attached hydrogen (secondary N) is 1. The summed E-state index contributed by atoms with van der Waals surface area (Å²) in [5.74, 6) is 0.397. The Labute approximate surface area is 102 Å². The van der Waals surface area contributed by atoms with Crippen LogP contribution in [0.2, 0.25) is 0 Å².